The van der Waals surface area contributed by atoms with Gasteiger partial charge in [-0.15, -0.1) is 0 Å². The Hall–Kier alpha value is -2.89. The Kier molecular flexibility index (Phi) is 8.65. The molecule has 0 saturated carbocycles. The minimum absolute atomic E-state index is 0.0842. The van der Waals surface area contributed by atoms with Gasteiger partial charge in [0.05, 0.1) is 16.9 Å². The highest BCUT2D eigenvalue weighted by Gasteiger charge is 2.22. The molecule has 0 radical (unpaired) electrons. The van der Waals surface area contributed by atoms with E-state index in [1.54, 1.807) is 6.92 Å². The molecule has 0 N–H and O–H groups in total. The van der Waals surface area contributed by atoms with Crippen molar-refractivity contribution in [2.75, 3.05) is 0 Å². The highest BCUT2D eigenvalue weighted by Crippen LogP contribution is 2.36. The molecule has 0 aromatic heterocycles. The molecule has 0 aliphatic heterocycles. The van der Waals surface area contributed by atoms with Crippen LogP contribution in [-0.4, -0.2) is 10.9 Å². The van der Waals surface area contributed by atoms with Crippen LogP contribution in [0.5, 0.6) is 11.5 Å². The summed E-state index contributed by atoms with van der Waals surface area (Å²) in [5.41, 5.74) is 0.868. The highest BCUT2D eigenvalue weighted by atomic mass is 16.6. The first-order valence-corrected chi connectivity index (χ1v) is 10.2. The molecule has 0 saturated heterocycles. The van der Waals surface area contributed by atoms with Gasteiger partial charge in [0, 0.05) is 6.07 Å². The van der Waals surface area contributed by atoms with Gasteiger partial charge in [0.15, 0.2) is 11.5 Å². The van der Waals surface area contributed by atoms with Crippen LogP contribution < -0.4 is 9.47 Å². The van der Waals surface area contributed by atoms with Crippen molar-refractivity contribution in [2.24, 2.45) is 5.92 Å². The number of esters is 1. The number of hydrogen-bond acceptors (Lipinski definition) is 5. The first kappa shape index (κ1) is 22.4. The lowest BCUT2D eigenvalue weighted by Gasteiger charge is -2.21. The highest BCUT2D eigenvalue weighted by molar-refractivity contribution is 5.75. The molecule has 0 bridgehead atoms. The van der Waals surface area contributed by atoms with Gasteiger partial charge in [0.25, 0.3) is 5.69 Å². The van der Waals surface area contributed by atoms with E-state index in [0.717, 1.165) is 31.2 Å². The molecule has 0 heterocycles. The molecule has 2 unspecified atom stereocenters. The number of non-ortho nitro benzene ring substituents is 1. The molecule has 156 valence electrons. The summed E-state index contributed by atoms with van der Waals surface area (Å²) in [7, 11) is 0. The van der Waals surface area contributed by atoms with Crippen molar-refractivity contribution in [3.05, 3.63) is 64.2 Å². The predicted octanol–water partition coefficient (Wildman–Crippen LogP) is 6.25. The van der Waals surface area contributed by atoms with E-state index >= 15 is 0 Å². The van der Waals surface area contributed by atoms with Crippen molar-refractivity contribution >= 4 is 11.7 Å². The number of nitro groups is 1. The molecule has 0 spiro atoms. The van der Waals surface area contributed by atoms with E-state index in [9.17, 15) is 14.9 Å². The fourth-order valence-electron chi connectivity index (χ4n) is 2.86. The minimum Gasteiger partial charge on any atom is -0.482 e. The summed E-state index contributed by atoms with van der Waals surface area (Å²) in [6.45, 7) is 5.79. The summed E-state index contributed by atoms with van der Waals surface area (Å²) in [6.07, 6.45) is 4.36. The zero-order valence-corrected chi connectivity index (χ0v) is 17.3. The number of nitrogens with zero attached hydrogens (tertiary/aromatic N) is 1. The molecule has 2 atom stereocenters. The van der Waals surface area contributed by atoms with E-state index in [-0.39, 0.29) is 23.5 Å². The topological polar surface area (TPSA) is 78.7 Å². The van der Waals surface area contributed by atoms with Crippen molar-refractivity contribution in [3.63, 3.8) is 0 Å². The molecule has 0 fully saturated rings. The molecular formula is C23H29NO5. The van der Waals surface area contributed by atoms with Crippen LogP contribution in [0.15, 0.2) is 48.5 Å². The van der Waals surface area contributed by atoms with Gasteiger partial charge in [-0.05, 0) is 30.9 Å². The fraction of sp³-hybridized carbons (Fsp3) is 0.435. The van der Waals surface area contributed by atoms with Gasteiger partial charge in [-0.25, -0.2) is 0 Å². The largest absolute Gasteiger partial charge is 0.482 e. The van der Waals surface area contributed by atoms with Crippen LogP contribution >= 0.6 is 0 Å². The normalized spacial score (nSPS) is 12.8. The summed E-state index contributed by atoms with van der Waals surface area (Å²) >= 11 is 0. The SMILES string of the molecule is CCCCCC(Oc1ccc([N+](=O)[O-])cc1OC(=O)C(C)CC)c1ccccc1. The Morgan fingerprint density at radius 1 is 1.07 bits per heavy atom. The summed E-state index contributed by atoms with van der Waals surface area (Å²) in [5.74, 6) is -0.324. The lowest BCUT2D eigenvalue weighted by atomic mass is 10.0. The average Bonchev–Trinajstić information content (AvgIpc) is 2.73. The smallest absolute Gasteiger partial charge is 0.314 e. The van der Waals surface area contributed by atoms with Crippen molar-refractivity contribution < 1.29 is 19.2 Å². The summed E-state index contributed by atoms with van der Waals surface area (Å²) < 4.78 is 11.7. The van der Waals surface area contributed by atoms with Gasteiger partial charge in [0.1, 0.15) is 6.10 Å². The number of benzene rings is 2. The van der Waals surface area contributed by atoms with Crippen LogP contribution in [0.4, 0.5) is 5.69 Å². The third-order valence-corrected chi connectivity index (χ3v) is 4.87. The maximum Gasteiger partial charge on any atom is 0.314 e. The van der Waals surface area contributed by atoms with Crippen molar-refractivity contribution in [2.45, 2.75) is 59.0 Å². The number of carbonyl (C=O) groups is 1. The van der Waals surface area contributed by atoms with Gasteiger partial charge in [0.2, 0.25) is 0 Å². The van der Waals surface area contributed by atoms with Gasteiger partial charge in [-0.3, -0.25) is 14.9 Å². The average molecular weight is 399 g/mol. The Labute approximate surface area is 172 Å². The summed E-state index contributed by atoms with van der Waals surface area (Å²) in [6, 6.07) is 14.0. The van der Waals surface area contributed by atoms with Crippen LogP contribution in [0.3, 0.4) is 0 Å². The summed E-state index contributed by atoms with van der Waals surface area (Å²) in [4.78, 5) is 23.0. The lowest BCUT2D eigenvalue weighted by molar-refractivity contribution is -0.384. The zero-order valence-electron chi connectivity index (χ0n) is 17.3. The second kappa shape index (κ2) is 11.2. The minimum atomic E-state index is -0.514. The number of hydrogen-bond donors (Lipinski definition) is 0. The maximum absolute atomic E-state index is 12.3. The monoisotopic (exact) mass is 399 g/mol. The van der Waals surface area contributed by atoms with E-state index in [1.165, 1.54) is 18.2 Å². The number of ether oxygens (including phenoxy) is 2. The standard InChI is InChI=1S/C23H29NO5/c1-4-6-8-13-20(18-11-9-7-10-12-18)28-21-15-14-19(24(26)27)16-22(21)29-23(25)17(3)5-2/h7,9-12,14-17,20H,4-6,8,13H2,1-3H3. The van der Waals surface area contributed by atoms with Crippen molar-refractivity contribution in [1.29, 1.82) is 0 Å². The number of rotatable bonds is 11. The van der Waals surface area contributed by atoms with Gasteiger partial charge in [-0.2, -0.15) is 0 Å². The predicted molar refractivity (Wildman–Crippen MR) is 112 cm³/mol. The van der Waals surface area contributed by atoms with Gasteiger partial charge in [-0.1, -0.05) is 63.9 Å². The number of nitro benzene ring substituents is 1. The van der Waals surface area contributed by atoms with Crippen molar-refractivity contribution in [1.82, 2.24) is 0 Å². The lowest BCUT2D eigenvalue weighted by Crippen LogP contribution is -2.18. The third kappa shape index (κ3) is 6.59. The van der Waals surface area contributed by atoms with Crippen LogP contribution in [0, 0.1) is 16.0 Å². The molecule has 2 rings (SSSR count). The van der Waals surface area contributed by atoms with E-state index in [1.807, 2.05) is 37.3 Å². The molecule has 0 amide bonds. The quantitative estimate of drug-likeness (QED) is 0.147. The number of carbonyl (C=O) groups excluding carboxylic acids is 1. The van der Waals surface area contributed by atoms with Crippen molar-refractivity contribution in [3.8, 4) is 11.5 Å². The molecule has 6 heteroatoms. The van der Waals surface area contributed by atoms with E-state index in [2.05, 4.69) is 6.92 Å². The molecule has 6 nitrogen and oxygen atoms in total. The zero-order chi connectivity index (χ0) is 21.2. The number of unbranched alkanes of at least 4 members (excludes halogenated alkanes) is 2. The first-order chi connectivity index (χ1) is 14.0. The first-order valence-electron chi connectivity index (χ1n) is 10.2. The molecule has 2 aromatic carbocycles. The molecule has 0 aliphatic carbocycles. The van der Waals surface area contributed by atoms with Gasteiger partial charge < -0.3 is 9.47 Å². The van der Waals surface area contributed by atoms with Crippen LogP contribution in [0.1, 0.15) is 64.5 Å². The third-order valence-electron chi connectivity index (χ3n) is 4.87. The molecule has 2 aromatic rings. The Bertz CT molecular complexity index is 806. The van der Waals surface area contributed by atoms with Gasteiger partial charge >= 0.3 is 5.97 Å². The Morgan fingerprint density at radius 2 is 1.79 bits per heavy atom. The van der Waals surface area contributed by atoms with E-state index < -0.39 is 10.9 Å². The van der Waals surface area contributed by atoms with Crippen LogP contribution in [-0.2, 0) is 4.79 Å². The Balaban J connectivity index is 2.33. The molecular weight excluding hydrogens is 370 g/mol. The van der Waals surface area contributed by atoms with E-state index in [4.69, 9.17) is 9.47 Å². The second-order valence-electron chi connectivity index (χ2n) is 7.13. The molecule has 29 heavy (non-hydrogen) atoms. The maximum atomic E-state index is 12.3. The molecule has 0 aliphatic rings. The van der Waals surface area contributed by atoms with Crippen LogP contribution in [0.25, 0.3) is 0 Å². The summed E-state index contributed by atoms with van der Waals surface area (Å²) in [5, 5.41) is 11.2. The van der Waals surface area contributed by atoms with E-state index in [0.29, 0.717) is 12.2 Å². The van der Waals surface area contributed by atoms with Crippen LogP contribution in [0.2, 0.25) is 0 Å². The fourth-order valence-corrected chi connectivity index (χ4v) is 2.86. The Morgan fingerprint density at radius 3 is 2.41 bits per heavy atom. The second-order valence-corrected chi connectivity index (χ2v) is 7.13.